The molecule has 2 aromatic rings. The van der Waals surface area contributed by atoms with Gasteiger partial charge in [0.05, 0.1) is 25.7 Å². The summed E-state index contributed by atoms with van der Waals surface area (Å²) in [5, 5.41) is 12.9. The van der Waals surface area contributed by atoms with Gasteiger partial charge in [0.25, 0.3) is 0 Å². The molecule has 0 aliphatic heterocycles. The van der Waals surface area contributed by atoms with Gasteiger partial charge in [-0.25, -0.2) is 4.98 Å². The Morgan fingerprint density at radius 2 is 1.93 bits per heavy atom. The zero-order valence-electron chi connectivity index (χ0n) is 16.5. The number of amides is 1. The van der Waals surface area contributed by atoms with Crippen LogP contribution in [0.1, 0.15) is 46.7 Å². The van der Waals surface area contributed by atoms with Crippen molar-refractivity contribution in [2.75, 3.05) is 7.11 Å². The van der Waals surface area contributed by atoms with Crippen LogP contribution in [0, 0.1) is 26.7 Å². The van der Waals surface area contributed by atoms with Crippen LogP contribution in [0.3, 0.4) is 0 Å². The monoisotopic (exact) mass is 368 g/mol. The minimum atomic E-state index is -0.276. The Kier molecular flexibility index (Phi) is 5.80. The molecule has 0 unspecified atom stereocenters. The normalized spacial score (nSPS) is 19.9. The molecule has 0 bridgehead atoms. The molecule has 0 saturated heterocycles. The molecule has 0 spiro atoms. The molecule has 1 saturated carbocycles. The van der Waals surface area contributed by atoms with Crippen molar-refractivity contribution in [1.82, 2.24) is 10.3 Å². The van der Waals surface area contributed by atoms with E-state index in [4.69, 9.17) is 4.74 Å². The second-order valence-electron chi connectivity index (χ2n) is 7.62. The Balaban J connectivity index is 1.76. The van der Waals surface area contributed by atoms with Crippen LogP contribution in [-0.4, -0.2) is 29.2 Å². The number of pyridine rings is 1. The molecule has 1 heterocycles. The number of ether oxygens (including phenoxy) is 1. The fraction of sp³-hybridized carbons (Fsp3) is 0.455. The Morgan fingerprint density at radius 3 is 2.44 bits per heavy atom. The van der Waals surface area contributed by atoms with Crippen molar-refractivity contribution in [3.05, 3.63) is 58.3 Å². The van der Waals surface area contributed by atoms with Crippen LogP contribution >= 0.6 is 0 Å². The van der Waals surface area contributed by atoms with Gasteiger partial charge in [0.1, 0.15) is 0 Å². The SMILES string of the molecule is COc1ccc([C@@H](NC(=O)Cc2c(C)cc(C)cc2C)C2CC(O)C2)cn1. The maximum atomic E-state index is 12.8. The molecule has 1 fully saturated rings. The van der Waals surface area contributed by atoms with Crippen LogP contribution in [0.5, 0.6) is 5.88 Å². The highest BCUT2D eigenvalue weighted by Gasteiger charge is 2.35. The molecule has 1 atom stereocenters. The fourth-order valence-corrected chi connectivity index (χ4v) is 3.95. The highest BCUT2D eigenvalue weighted by Crippen LogP contribution is 2.38. The molecule has 1 amide bonds. The lowest BCUT2D eigenvalue weighted by atomic mass is 9.75. The van der Waals surface area contributed by atoms with E-state index >= 15 is 0 Å². The lowest BCUT2D eigenvalue weighted by molar-refractivity contribution is -0.122. The summed E-state index contributed by atoms with van der Waals surface area (Å²) < 4.78 is 5.12. The van der Waals surface area contributed by atoms with E-state index in [9.17, 15) is 9.90 Å². The Bertz CT molecular complexity index is 788. The van der Waals surface area contributed by atoms with E-state index in [0.717, 1.165) is 22.3 Å². The van der Waals surface area contributed by atoms with E-state index in [1.807, 2.05) is 6.07 Å². The minimum absolute atomic E-state index is 0.00717. The highest BCUT2D eigenvalue weighted by molar-refractivity contribution is 5.80. The third kappa shape index (κ3) is 4.48. The fourth-order valence-electron chi connectivity index (χ4n) is 3.95. The zero-order chi connectivity index (χ0) is 19.6. The maximum absolute atomic E-state index is 12.8. The number of aromatic nitrogens is 1. The molecular weight excluding hydrogens is 340 g/mol. The number of nitrogens with zero attached hydrogens (tertiary/aromatic N) is 1. The zero-order valence-corrected chi connectivity index (χ0v) is 16.5. The average molecular weight is 368 g/mol. The van der Waals surface area contributed by atoms with Crippen LogP contribution < -0.4 is 10.1 Å². The average Bonchev–Trinajstić information content (AvgIpc) is 2.60. The number of aliphatic hydroxyl groups excluding tert-OH is 1. The van der Waals surface area contributed by atoms with Gasteiger partial charge >= 0.3 is 0 Å². The molecular formula is C22H28N2O3. The Labute approximate surface area is 160 Å². The van der Waals surface area contributed by atoms with Crippen molar-refractivity contribution in [3.8, 4) is 5.88 Å². The van der Waals surface area contributed by atoms with Crippen molar-refractivity contribution in [2.45, 2.75) is 52.2 Å². The van der Waals surface area contributed by atoms with Gasteiger partial charge in [0.15, 0.2) is 0 Å². The number of hydrogen-bond donors (Lipinski definition) is 2. The summed E-state index contributed by atoms with van der Waals surface area (Å²) in [6.07, 6.45) is 3.21. The van der Waals surface area contributed by atoms with Crippen LogP contribution in [-0.2, 0) is 11.2 Å². The number of hydrogen-bond acceptors (Lipinski definition) is 4. The quantitative estimate of drug-likeness (QED) is 0.821. The number of nitrogens with one attached hydrogen (secondary N) is 1. The van der Waals surface area contributed by atoms with Crippen LogP contribution in [0.2, 0.25) is 0 Å². The van der Waals surface area contributed by atoms with Crippen molar-refractivity contribution >= 4 is 5.91 Å². The topological polar surface area (TPSA) is 71.5 Å². The molecule has 5 nitrogen and oxygen atoms in total. The van der Waals surface area contributed by atoms with Gasteiger partial charge in [0, 0.05) is 12.3 Å². The summed E-state index contributed by atoms with van der Waals surface area (Å²) in [7, 11) is 1.58. The van der Waals surface area contributed by atoms with Gasteiger partial charge in [-0.1, -0.05) is 23.8 Å². The van der Waals surface area contributed by atoms with Crippen LogP contribution in [0.4, 0.5) is 0 Å². The summed E-state index contributed by atoms with van der Waals surface area (Å²) in [5.74, 6) is 0.759. The predicted molar refractivity (Wildman–Crippen MR) is 105 cm³/mol. The molecule has 2 N–H and O–H groups in total. The Hall–Kier alpha value is -2.40. The van der Waals surface area contributed by atoms with Gasteiger partial charge in [0.2, 0.25) is 11.8 Å². The first-order valence-electron chi connectivity index (χ1n) is 9.41. The lowest BCUT2D eigenvalue weighted by Gasteiger charge is -2.38. The third-order valence-corrected chi connectivity index (χ3v) is 5.44. The first-order chi connectivity index (χ1) is 12.9. The summed E-state index contributed by atoms with van der Waals surface area (Å²) in [5.41, 5.74) is 5.52. The summed E-state index contributed by atoms with van der Waals surface area (Å²) in [6.45, 7) is 6.17. The molecule has 144 valence electrons. The lowest BCUT2D eigenvalue weighted by Crippen LogP contribution is -2.42. The van der Waals surface area contributed by atoms with Crippen molar-refractivity contribution in [1.29, 1.82) is 0 Å². The van der Waals surface area contributed by atoms with Crippen LogP contribution in [0.15, 0.2) is 30.5 Å². The van der Waals surface area contributed by atoms with E-state index in [-0.39, 0.29) is 24.0 Å². The number of carbonyl (C=O) groups is 1. The van der Waals surface area contributed by atoms with Gasteiger partial charge in [-0.2, -0.15) is 0 Å². The standard InChI is InChI=1S/C22H28N2O3/c1-13-7-14(2)19(15(3)8-13)11-20(26)24-22(17-9-18(25)10-17)16-5-6-21(27-4)23-12-16/h5-8,12,17-18,22,25H,9-11H2,1-4H3,(H,24,26)/t17?,18?,22-/m1/s1. The van der Waals surface area contributed by atoms with Crippen LogP contribution in [0.25, 0.3) is 0 Å². The number of methoxy groups -OCH3 is 1. The smallest absolute Gasteiger partial charge is 0.224 e. The number of aliphatic hydroxyl groups is 1. The highest BCUT2D eigenvalue weighted by atomic mass is 16.5. The van der Waals surface area contributed by atoms with Gasteiger partial charge in [-0.05, 0) is 61.8 Å². The first-order valence-corrected chi connectivity index (χ1v) is 9.41. The van der Waals surface area contributed by atoms with E-state index < -0.39 is 0 Å². The molecule has 0 radical (unpaired) electrons. The minimum Gasteiger partial charge on any atom is -0.481 e. The molecule has 1 aliphatic carbocycles. The number of rotatable bonds is 6. The van der Waals surface area contributed by atoms with Crippen molar-refractivity contribution < 1.29 is 14.6 Å². The Morgan fingerprint density at radius 1 is 1.26 bits per heavy atom. The molecule has 5 heteroatoms. The molecule has 1 aromatic heterocycles. The largest absolute Gasteiger partial charge is 0.481 e. The molecule has 27 heavy (non-hydrogen) atoms. The second kappa shape index (κ2) is 8.09. The van der Waals surface area contributed by atoms with Gasteiger partial charge < -0.3 is 15.2 Å². The van der Waals surface area contributed by atoms with Gasteiger partial charge in [-0.3, -0.25) is 4.79 Å². The summed E-state index contributed by atoms with van der Waals surface area (Å²) in [4.78, 5) is 17.1. The second-order valence-corrected chi connectivity index (χ2v) is 7.62. The van der Waals surface area contributed by atoms with Crippen molar-refractivity contribution in [2.24, 2.45) is 5.92 Å². The molecule has 1 aliphatic rings. The number of aryl methyl sites for hydroxylation is 3. The summed E-state index contributed by atoms with van der Waals surface area (Å²) in [6, 6.07) is 7.82. The third-order valence-electron chi connectivity index (χ3n) is 5.44. The maximum Gasteiger partial charge on any atom is 0.224 e. The van der Waals surface area contributed by atoms with E-state index in [1.165, 1.54) is 5.56 Å². The summed E-state index contributed by atoms with van der Waals surface area (Å²) >= 11 is 0. The van der Waals surface area contributed by atoms with Gasteiger partial charge in [-0.15, -0.1) is 0 Å². The van der Waals surface area contributed by atoms with Crippen molar-refractivity contribution in [3.63, 3.8) is 0 Å². The number of benzene rings is 1. The predicted octanol–water partition coefficient (Wildman–Crippen LogP) is 3.19. The number of carbonyl (C=O) groups excluding carboxylic acids is 1. The molecule has 1 aromatic carbocycles. The van der Waals surface area contributed by atoms with E-state index in [2.05, 4.69) is 43.2 Å². The molecule has 3 rings (SSSR count). The van der Waals surface area contributed by atoms with E-state index in [1.54, 1.807) is 19.4 Å². The van der Waals surface area contributed by atoms with E-state index in [0.29, 0.717) is 25.1 Å². The first kappa shape index (κ1) is 19.4.